The molecule has 0 bridgehead atoms. The van der Waals surface area contributed by atoms with Crippen molar-refractivity contribution in [2.24, 2.45) is 5.92 Å². The Kier molecular flexibility index (Phi) is 3.98. The Morgan fingerprint density at radius 2 is 2.40 bits per heavy atom. The van der Waals surface area contributed by atoms with E-state index in [0.717, 1.165) is 49.4 Å². The first-order chi connectivity index (χ1) is 9.71. The number of carbonyl (C=O) groups is 1. The summed E-state index contributed by atoms with van der Waals surface area (Å²) in [6.07, 6.45) is 7.40. The van der Waals surface area contributed by atoms with Crippen LogP contribution in [0, 0.1) is 5.92 Å². The number of thioether (sulfide) groups is 1. The summed E-state index contributed by atoms with van der Waals surface area (Å²) in [5.74, 6) is 0.425. The molecule has 20 heavy (non-hydrogen) atoms. The summed E-state index contributed by atoms with van der Waals surface area (Å²) in [4.78, 5) is 15.9. The summed E-state index contributed by atoms with van der Waals surface area (Å²) >= 11 is 1.61. The lowest BCUT2D eigenvalue weighted by Crippen LogP contribution is -2.55. The Morgan fingerprint density at radius 1 is 1.55 bits per heavy atom. The van der Waals surface area contributed by atoms with Gasteiger partial charge in [-0.15, -0.1) is 0 Å². The molecule has 2 atom stereocenters. The number of hydrogen-bond donors (Lipinski definition) is 3. The number of carboxylic acid groups (broad SMARTS) is 1. The van der Waals surface area contributed by atoms with Crippen molar-refractivity contribution in [2.45, 2.75) is 55.3 Å². The van der Waals surface area contributed by atoms with Crippen LogP contribution < -0.4 is 5.32 Å². The predicted octanol–water partition coefficient (Wildman–Crippen LogP) is 1.66. The minimum absolute atomic E-state index is 0.219. The summed E-state index contributed by atoms with van der Waals surface area (Å²) in [5, 5.41) is 20.5. The van der Waals surface area contributed by atoms with Gasteiger partial charge in [-0.25, -0.2) is 4.98 Å². The van der Waals surface area contributed by atoms with Gasteiger partial charge >= 0.3 is 5.97 Å². The molecule has 3 rings (SSSR count). The van der Waals surface area contributed by atoms with E-state index in [2.05, 4.69) is 20.5 Å². The van der Waals surface area contributed by atoms with Crippen LogP contribution in [0.2, 0.25) is 0 Å². The second kappa shape index (κ2) is 5.73. The molecule has 2 aliphatic rings. The molecular formula is C13H20N4O2S. The van der Waals surface area contributed by atoms with E-state index in [1.165, 1.54) is 6.33 Å². The van der Waals surface area contributed by atoms with Gasteiger partial charge in [-0.1, -0.05) is 18.2 Å². The molecule has 0 saturated heterocycles. The molecule has 1 heterocycles. The molecule has 2 saturated carbocycles. The first kappa shape index (κ1) is 13.9. The molecule has 0 spiro atoms. The number of hydrogen-bond acceptors (Lipinski definition) is 5. The highest BCUT2D eigenvalue weighted by atomic mass is 32.2. The summed E-state index contributed by atoms with van der Waals surface area (Å²) in [6.45, 7) is 0. The van der Waals surface area contributed by atoms with E-state index < -0.39 is 11.5 Å². The van der Waals surface area contributed by atoms with Gasteiger partial charge in [-0.2, -0.15) is 5.10 Å². The number of carboxylic acids is 1. The maximum Gasteiger partial charge on any atom is 0.324 e. The van der Waals surface area contributed by atoms with Gasteiger partial charge in [0.15, 0.2) is 5.16 Å². The molecule has 1 aromatic heterocycles. The lowest BCUT2D eigenvalue weighted by molar-refractivity contribution is -0.146. The van der Waals surface area contributed by atoms with E-state index in [9.17, 15) is 9.90 Å². The van der Waals surface area contributed by atoms with Crippen molar-refractivity contribution in [1.82, 2.24) is 20.5 Å². The Bertz CT molecular complexity index is 463. The Morgan fingerprint density at radius 3 is 3.05 bits per heavy atom. The van der Waals surface area contributed by atoms with E-state index in [1.54, 1.807) is 11.8 Å². The van der Waals surface area contributed by atoms with Crippen LogP contribution in [0.5, 0.6) is 0 Å². The minimum Gasteiger partial charge on any atom is -0.480 e. The fourth-order valence-corrected chi connectivity index (χ4v) is 3.99. The minimum atomic E-state index is -0.691. The molecule has 6 nitrogen and oxygen atoms in total. The lowest BCUT2D eigenvalue weighted by atomic mass is 9.85. The average molecular weight is 296 g/mol. The van der Waals surface area contributed by atoms with Gasteiger partial charge in [0.05, 0.1) is 0 Å². The zero-order valence-electron chi connectivity index (χ0n) is 11.3. The van der Waals surface area contributed by atoms with Gasteiger partial charge < -0.3 is 5.11 Å². The molecule has 7 heteroatoms. The number of rotatable bonds is 7. The Balaban J connectivity index is 1.59. The van der Waals surface area contributed by atoms with Crippen LogP contribution in [0.25, 0.3) is 0 Å². The molecule has 1 aromatic rings. The molecule has 0 amide bonds. The van der Waals surface area contributed by atoms with Crippen LogP contribution in [0.15, 0.2) is 11.5 Å². The second-order valence-corrected chi connectivity index (χ2v) is 6.80. The van der Waals surface area contributed by atoms with Crippen LogP contribution in [-0.4, -0.2) is 43.6 Å². The standard InChI is InChI=1S/C13H20N4O2S/c18-11(19)13(16-10-3-4-10)6-1-2-9(13)5-7-20-12-14-8-15-17-12/h8-10,16H,1-7H2,(H,18,19)(H,14,15,17). The monoisotopic (exact) mass is 296 g/mol. The molecule has 0 aliphatic heterocycles. The molecule has 110 valence electrons. The molecule has 3 N–H and O–H groups in total. The van der Waals surface area contributed by atoms with Crippen molar-refractivity contribution in [3.05, 3.63) is 6.33 Å². The van der Waals surface area contributed by atoms with E-state index in [0.29, 0.717) is 6.04 Å². The highest BCUT2D eigenvalue weighted by Crippen LogP contribution is 2.41. The van der Waals surface area contributed by atoms with Gasteiger partial charge in [0.1, 0.15) is 11.9 Å². The van der Waals surface area contributed by atoms with Crippen LogP contribution >= 0.6 is 11.8 Å². The van der Waals surface area contributed by atoms with Crippen molar-refractivity contribution in [3.8, 4) is 0 Å². The number of aromatic amines is 1. The average Bonchev–Trinajstić information content (AvgIpc) is 2.91. The van der Waals surface area contributed by atoms with Gasteiger partial charge in [0.25, 0.3) is 0 Å². The van der Waals surface area contributed by atoms with Crippen LogP contribution in [-0.2, 0) is 4.79 Å². The third-order valence-electron chi connectivity index (χ3n) is 4.34. The predicted molar refractivity (Wildman–Crippen MR) is 75.6 cm³/mol. The highest BCUT2D eigenvalue weighted by Gasteiger charge is 2.50. The summed E-state index contributed by atoms with van der Waals surface area (Å²) in [7, 11) is 0. The van der Waals surface area contributed by atoms with Crippen LogP contribution in [0.3, 0.4) is 0 Å². The van der Waals surface area contributed by atoms with Crippen LogP contribution in [0.1, 0.15) is 38.5 Å². The van der Waals surface area contributed by atoms with Crippen molar-refractivity contribution in [2.75, 3.05) is 5.75 Å². The zero-order chi connectivity index (χ0) is 14.0. The first-order valence-electron chi connectivity index (χ1n) is 7.20. The molecular weight excluding hydrogens is 276 g/mol. The lowest BCUT2D eigenvalue weighted by Gasteiger charge is -2.32. The molecule has 2 fully saturated rings. The number of nitrogens with one attached hydrogen (secondary N) is 2. The van der Waals surface area contributed by atoms with Crippen molar-refractivity contribution >= 4 is 17.7 Å². The molecule has 2 aliphatic carbocycles. The number of aromatic nitrogens is 3. The molecule has 2 unspecified atom stereocenters. The third kappa shape index (κ3) is 2.83. The summed E-state index contributed by atoms with van der Waals surface area (Å²) < 4.78 is 0. The topological polar surface area (TPSA) is 90.9 Å². The van der Waals surface area contributed by atoms with Gasteiger partial charge in [0, 0.05) is 11.8 Å². The molecule has 0 aromatic carbocycles. The van der Waals surface area contributed by atoms with Gasteiger partial charge in [-0.3, -0.25) is 15.2 Å². The maximum absolute atomic E-state index is 11.8. The smallest absolute Gasteiger partial charge is 0.324 e. The molecule has 0 radical (unpaired) electrons. The Hall–Kier alpha value is -1.08. The van der Waals surface area contributed by atoms with Gasteiger partial charge in [0.2, 0.25) is 0 Å². The zero-order valence-corrected chi connectivity index (χ0v) is 12.2. The normalized spacial score (nSPS) is 29.7. The number of aliphatic carboxylic acids is 1. The maximum atomic E-state index is 11.8. The quantitative estimate of drug-likeness (QED) is 0.663. The first-order valence-corrected chi connectivity index (χ1v) is 8.18. The van der Waals surface area contributed by atoms with E-state index in [1.807, 2.05) is 0 Å². The largest absolute Gasteiger partial charge is 0.480 e. The summed E-state index contributed by atoms with van der Waals surface area (Å²) in [5.41, 5.74) is -0.691. The van der Waals surface area contributed by atoms with E-state index in [-0.39, 0.29) is 5.92 Å². The second-order valence-electron chi connectivity index (χ2n) is 5.71. The summed E-state index contributed by atoms with van der Waals surface area (Å²) in [6, 6.07) is 0.425. The third-order valence-corrected chi connectivity index (χ3v) is 5.25. The fourth-order valence-electron chi connectivity index (χ4n) is 3.16. The fraction of sp³-hybridized carbons (Fsp3) is 0.769. The van der Waals surface area contributed by atoms with E-state index >= 15 is 0 Å². The van der Waals surface area contributed by atoms with Crippen molar-refractivity contribution in [1.29, 1.82) is 0 Å². The van der Waals surface area contributed by atoms with Crippen LogP contribution in [0.4, 0.5) is 0 Å². The van der Waals surface area contributed by atoms with E-state index in [4.69, 9.17) is 0 Å². The highest BCUT2D eigenvalue weighted by molar-refractivity contribution is 7.99. The van der Waals surface area contributed by atoms with Crippen molar-refractivity contribution < 1.29 is 9.90 Å². The number of H-pyrrole nitrogens is 1. The van der Waals surface area contributed by atoms with Crippen molar-refractivity contribution in [3.63, 3.8) is 0 Å². The van der Waals surface area contributed by atoms with Gasteiger partial charge in [-0.05, 0) is 38.0 Å². The number of nitrogens with zero attached hydrogens (tertiary/aromatic N) is 2. The Labute approximate surface area is 122 Å². The SMILES string of the molecule is O=C(O)C1(NC2CC2)CCCC1CCSc1ncn[nH]1.